The number of methoxy groups -OCH3 is 2. The molecule has 0 unspecified atom stereocenters. The number of nitrogens with zero attached hydrogens (tertiary/aromatic N) is 4. The molecule has 272 valence electrons. The molecule has 0 aliphatic rings. The number of carbonyl (C=O) groups is 1. The fourth-order valence-electron chi connectivity index (χ4n) is 5.85. The second-order valence-electron chi connectivity index (χ2n) is 11.8. The number of aromatic hydroxyl groups is 2. The molecule has 0 spiro atoms. The number of non-ortho nitro benzene ring substituents is 2. The van der Waals surface area contributed by atoms with Crippen molar-refractivity contribution in [3.63, 3.8) is 0 Å². The first-order valence-electron chi connectivity index (χ1n) is 15.9. The highest BCUT2D eigenvalue weighted by Gasteiger charge is 2.26. The predicted octanol–water partition coefficient (Wildman–Crippen LogP) is 7.98. The molecule has 0 saturated heterocycles. The monoisotopic (exact) mass is 722 g/mol. The van der Waals surface area contributed by atoms with Gasteiger partial charge in [0.1, 0.15) is 34.5 Å². The number of ketones is 1. The van der Waals surface area contributed by atoms with E-state index in [1.54, 1.807) is 44.2 Å². The molecule has 4 aromatic carbocycles. The summed E-state index contributed by atoms with van der Waals surface area (Å²) >= 11 is 0. The molecule has 0 atom stereocenters. The Hall–Kier alpha value is -7.03. The minimum Gasteiger partial charge on any atom is -0.507 e. The summed E-state index contributed by atoms with van der Waals surface area (Å²) in [5, 5.41) is 51.5. The molecule has 0 aliphatic carbocycles. The largest absolute Gasteiger partial charge is 0.507 e. The predicted molar refractivity (Wildman–Crippen MR) is 192 cm³/mol. The number of ether oxygens (including phenoxy) is 2. The van der Waals surface area contributed by atoms with Crippen molar-refractivity contribution in [1.29, 1.82) is 0 Å². The van der Waals surface area contributed by atoms with Crippen LogP contribution in [0.15, 0.2) is 81.8 Å². The van der Waals surface area contributed by atoms with Crippen molar-refractivity contribution in [2.45, 2.75) is 34.1 Å². The maximum absolute atomic E-state index is 12.9. The third kappa shape index (κ3) is 7.54. The third-order valence-electron chi connectivity index (χ3n) is 8.55. The van der Waals surface area contributed by atoms with E-state index in [-0.39, 0.29) is 45.3 Å². The topological polar surface area (TPSA) is 214 Å². The number of aryl methyl sites for hydroxylation is 4. The van der Waals surface area contributed by atoms with Crippen LogP contribution in [-0.4, -0.2) is 50.4 Å². The van der Waals surface area contributed by atoms with Crippen LogP contribution in [0.3, 0.4) is 0 Å². The van der Waals surface area contributed by atoms with Crippen LogP contribution in [0.25, 0.3) is 22.3 Å². The van der Waals surface area contributed by atoms with Gasteiger partial charge < -0.3 is 28.7 Å². The zero-order chi connectivity index (χ0) is 38.6. The molecular weight excluding hydrogens is 688 g/mol. The summed E-state index contributed by atoms with van der Waals surface area (Å²) in [7, 11) is 2.90. The molecule has 0 fully saturated rings. The first kappa shape index (κ1) is 37.2. The molecule has 2 N–H and O–H groups in total. The lowest BCUT2D eigenvalue weighted by atomic mass is 9.95. The summed E-state index contributed by atoms with van der Waals surface area (Å²) in [5.41, 5.74) is 4.28. The molecule has 0 radical (unpaired) electrons. The van der Waals surface area contributed by atoms with E-state index in [0.717, 1.165) is 11.3 Å². The maximum Gasteiger partial charge on any atom is 0.270 e. The van der Waals surface area contributed by atoms with Crippen LogP contribution in [0, 0.1) is 47.9 Å². The van der Waals surface area contributed by atoms with Crippen LogP contribution in [0.2, 0.25) is 0 Å². The number of carbonyl (C=O) groups excluding carboxylic acids is 1. The summed E-state index contributed by atoms with van der Waals surface area (Å²) in [6, 6.07) is 18.3. The summed E-state index contributed by atoms with van der Waals surface area (Å²) in [4.78, 5) is 34.1. The number of phenols is 2. The van der Waals surface area contributed by atoms with Crippen molar-refractivity contribution >= 4 is 17.2 Å². The van der Waals surface area contributed by atoms with Gasteiger partial charge in [0, 0.05) is 36.2 Å². The van der Waals surface area contributed by atoms with Gasteiger partial charge in [-0.15, -0.1) is 0 Å². The number of aromatic nitrogens is 2. The molecule has 0 saturated carbocycles. The van der Waals surface area contributed by atoms with Gasteiger partial charge in [-0.05, 0) is 62.6 Å². The van der Waals surface area contributed by atoms with Crippen molar-refractivity contribution in [2.75, 3.05) is 14.2 Å². The Kier molecular flexibility index (Phi) is 10.9. The van der Waals surface area contributed by atoms with Gasteiger partial charge in [0.05, 0.1) is 57.7 Å². The van der Waals surface area contributed by atoms with Crippen LogP contribution in [-0.2, 0) is 6.42 Å². The van der Waals surface area contributed by atoms with E-state index in [1.165, 1.54) is 56.7 Å². The second-order valence-corrected chi connectivity index (χ2v) is 11.8. The van der Waals surface area contributed by atoms with Crippen LogP contribution in [0.1, 0.15) is 50.0 Å². The highest BCUT2D eigenvalue weighted by atomic mass is 16.6. The quantitative estimate of drug-likeness (QED) is 0.0780. The zero-order valence-corrected chi connectivity index (χ0v) is 29.5. The average Bonchev–Trinajstić information content (AvgIpc) is 3.66. The number of nitro groups is 2. The lowest BCUT2D eigenvalue weighted by Gasteiger charge is -2.14. The minimum absolute atomic E-state index is 0.0184. The molecule has 0 aliphatic heterocycles. The molecule has 2 heterocycles. The smallest absolute Gasteiger partial charge is 0.270 e. The summed E-state index contributed by atoms with van der Waals surface area (Å²) in [5.74, 6) is 0.968. The number of hydrogen-bond acceptors (Lipinski definition) is 13. The summed E-state index contributed by atoms with van der Waals surface area (Å²) < 4.78 is 20.8. The Labute approximate surface area is 302 Å². The van der Waals surface area contributed by atoms with Gasteiger partial charge >= 0.3 is 0 Å². The molecule has 2 aromatic heterocycles. The summed E-state index contributed by atoms with van der Waals surface area (Å²) in [6.45, 7) is 6.90. The standard InChI is InChI=1S/C19H16N2O6.C19H18N2O5/c1-10-16(11(2)27-20-10)18(22)14-7-8-15(26-3)17(19(14)23)12-5-4-6-13(9-12)21(24)25;1-11-16(12(2)26-20-11)10-14-7-8-17(25-3)18(19(14)22)13-5-4-6-15(9-13)21(23)24/h4-9,23H,1-3H3;4-9,22H,10H2,1-3H3. The summed E-state index contributed by atoms with van der Waals surface area (Å²) in [6.07, 6.45) is 0.429. The molecule has 0 bridgehead atoms. The van der Waals surface area contributed by atoms with E-state index >= 15 is 0 Å². The van der Waals surface area contributed by atoms with Crippen LogP contribution in [0.4, 0.5) is 11.4 Å². The normalized spacial score (nSPS) is 10.7. The Morgan fingerprint density at radius 1 is 0.717 bits per heavy atom. The van der Waals surface area contributed by atoms with Gasteiger partial charge in [-0.2, -0.15) is 0 Å². The van der Waals surface area contributed by atoms with Crippen LogP contribution < -0.4 is 9.47 Å². The highest BCUT2D eigenvalue weighted by molar-refractivity contribution is 6.13. The maximum atomic E-state index is 12.9. The molecule has 15 nitrogen and oxygen atoms in total. The van der Waals surface area contributed by atoms with Crippen molar-refractivity contribution in [3.05, 3.63) is 138 Å². The first-order valence-corrected chi connectivity index (χ1v) is 15.9. The van der Waals surface area contributed by atoms with Gasteiger partial charge in [0.15, 0.2) is 0 Å². The average molecular weight is 723 g/mol. The Bertz CT molecular complexity index is 2320. The second kappa shape index (κ2) is 15.5. The fourth-order valence-corrected chi connectivity index (χ4v) is 5.85. The van der Waals surface area contributed by atoms with Gasteiger partial charge in [-0.1, -0.05) is 40.6 Å². The van der Waals surface area contributed by atoms with E-state index in [2.05, 4.69) is 10.3 Å². The molecule has 6 aromatic rings. The van der Waals surface area contributed by atoms with E-state index in [9.17, 15) is 35.2 Å². The van der Waals surface area contributed by atoms with E-state index in [4.69, 9.17) is 18.5 Å². The fraction of sp³-hybridized carbons (Fsp3) is 0.184. The Morgan fingerprint density at radius 3 is 1.70 bits per heavy atom. The Balaban J connectivity index is 0.000000204. The van der Waals surface area contributed by atoms with Crippen LogP contribution >= 0.6 is 0 Å². The number of rotatable bonds is 10. The zero-order valence-electron chi connectivity index (χ0n) is 29.5. The molecule has 53 heavy (non-hydrogen) atoms. The van der Waals surface area contributed by atoms with E-state index in [1.807, 2.05) is 13.8 Å². The molecule has 0 amide bonds. The molecule has 6 rings (SSSR count). The van der Waals surface area contributed by atoms with Crippen LogP contribution in [0.5, 0.6) is 23.0 Å². The van der Waals surface area contributed by atoms with Gasteiger partial charge in [-0.25, -0.2) is 0 Å². The van der Waals surface area contributed by atoms with Crippen molar-refractivity contribution < 1.29 is 43.4 Å². The van der Waals surface area contributed by atoms with Gasteiger partial charge in [0.25, 0.3) is 11.4 Å². The van der Waals surface area contributed by atoms with Crippen molar-refractivity contribution in [3.8, 4) is 45.3 Å². The number of nitro benzene ring substituents is 2. The van der Waals surface area contributed by atoms with Gasteiger partial charge in [0.2, 0.25) is 5.78 Å². The highest BCUT2D eigenvalue weighted by Crippen LogP contribution is 2.43. The minimum atomic E-state index is -0.536. The Morgan fingerprint density at radius 2 is 1.23 bits per heavy atom. The van der Waals surface area contributed by atoms with Crippen molar-refractivity contribution in [1.82, 2.24) is 10.3 Å². The van der Waals surface area contributed by atoms with Crippen molar-refractivity contribution in [2.24, 2.45) is 0 Å². The third-order valence-corrected chi connectivity index (χ3v) is 8.55. The first-order chi connectivity index (χ1) is 25.3. The molecule has 15 heteroatoms. The number of hydrogen-bond donors (Lipinski definition) is 2. The number of benzene rings is 4. The SMILES string of the molecule is COc1ccc(C(=O)c2c(C)noc2C)c(O)c1-c1cccc([N+](=O)[O-])c1.COc1ccc(Cc2c(C)noc2C)c(O)c1-c1cccc([N+](=O)[O-])c1. The van der Waals surface area contributed by atoms with E-state index in [0.29, 0.717) is 51.6 Å². The van der Waals surface area contributed by atoms with E-state index < -0.39 is 15.6 Å². The number of phenolic OH excluding ortho intramolecular Hbond substituents is 2. The molecular formula is C38H34N4O11. The lowest BCUT2D eigenvalue weighted by Crippen LogP contribution is -2.05. The van der Waals surface area contributed by atoms with Gasteiger partial charge in [-0.3, -0.25) is 25.0 Å². The lowest BCUT2D eigenvalue weighted by molar-refractivity contribution is -0.385.